The van der Waals surface area contributed by atoms with E-state index in [0.29, 0.717) is 48.9 Å². The van der Waals surface area contributed by atoms with Gasteiger partial charge in [0.2, 0.25) is 0 Å². The van der Waals surface area contributed by atoms with E-state index in [-0.39, 0.29) is 6.03 Å². The summed E-state index contributed by atoms with van der Waals surface area (Å²) >= 11 is 6.21. The van der Waals surface area contributed by atoms with Gasteiger partial charge in [0.15, 0.2) is 11.5 Å². The Morgan fingerprint density at radius 2 is 2.12 bits per heavy atom. The van der Waals surface area contributed by atoms with Gasteiger partial charge in [0, 0.05) is 25.7 Å². The number of carbonyl (C=O) groups excluding carboxylic acids is 1. The van der Waals surface area contributed by atoms with Crippen molar-refractivity contribution in [3.05, 3.63) is 22.7 Å². The minimum absolute atomic E-state index is 0.164. The van der Waals surface area contributed by atoms with Crippen molar-refractivity contribution >= 4 is 17.6 Å². The number of carbonyl (C=O) groups is 1. The summed E-state index contributed by atoms with van der Waals surface area (Å²) in [4.78, 5) is 14.5. The first-order valence-corrected chi connectivity index (χ1v) is 9.85. The van der Waals surface area contributed by atoms with E-state index in [4.69, 9.17) is 21.1 Å². The van der Waals surface area contributed by atoms with Crippen molar-refractivity contribution in [2.24, 2.45) is 0 Å². The molecule has 1 atom stereocenters. The molecule has 0 saturated carbocycles. The molecule has 0 aliphatic carbocycles. The number of fused-ring (bicyclic) bond motifs is 1. The zero-order valence-electron chi connectivity index (χ0n) is 15.4. The van der Waals surface area contributed by atoms with Gasteiger partial charge in [0.25, 0.3) is 0 Å². The van der Waals surface area contributed by atoms with Gasteiger partial charge in [-0.1, -0.05) is 18.0 Å². The van der Waals surface area contributed by atoms with E-state index >= 15 is 0 Å². The minimum Gasteiger partial charge on any atom is -0.486 e. The lowest BCUT2D eigenvalue weighted by molar-refractivity contribution is 0.159. The molecule has 2 amide bonds. The minimum atomic E-state index is -0.164. The first-order chi connectivity index (χ1) is 12.6. The fourth-order valence-electron chi connectivity index (χ4n) is 3.49. The molecule has 1 unspecified atom stereocenters. The van der Waals surface area contributed by atoms with Crippen LogP contribution in [0.25, 0.3) is 0 Å². The van der Waals surface area contributed by atoms with E-state index in [1.807, 2.05) is 6.07 Å². The van der Waals surface area contributed by atoms with Crippen molar-refractivity contribution in [1.82, 2.24) is 15.5 Å². The second kappa shape index (κ2) is 9.33. The highest BCUT2D eigenvalue weighted by atomic mass is 35.5. The molecule has 3 rings (SSSR count). The molecule has 2 N–H and O–H groups in total. The van der Waals surface area contributed by atoms with Gasteiger partial charge in [-0.25, -0.2) is 4.79 Å². The summed E-state index contributed by atoms with van der Waals surface area (Å²) in [5, 5.41) is 6.29. The second-order valence-electron chi connectivity index (χ2n) is 6.95. The highest BCUT2D eigenvalue weighted by Crippen LogP contribution is 2.38. The lowest BCUT2D eigenvalue weighted by atomic mass is 10.0. The summed E-state index contributed by atoms with van der Waals surface area (Å²) < 4.78 is 11.1. The van der Waals surface area contributed by atoms with Gasteiger partial charge < -0.3 is 25.0 Å². The van der Waals surface area contributed by atoms with Gasteiger partial charge in [-0.2, -0.15) is 0 Å². The third-order valence-electron chi connectivity index (χ3n) is 4.96. The number of likely N-dealkylation sites (tertiary alicyclic amines) is 1. The smallest absolute Gasteiger partial charge is 0.315 e. The number of piperidine rings is 1. The topological polar surface area (TPSA) is 62.8 Å². The van der Waals surface area contributed by atoms with Crippen LogP contribution in [0.5, 0.6) is 11.5 Å². The summed E-state index contributed by atoms with van der Waals surface area (Å²) in [6.07, 6.45) is 4.87. The van der Waals surface area contributed by atoms with Gasteiger partial charge in [-0.05, 0) is 50.4 Å². The first kappa shape index (κ1) is 19.1. The fraction of sp³-hybridized carbons (Fsp3) is 0.632. The van der Waals surface area contributed by atoms with Gasteiger partial charge in [0.1, 0.15) is 13.2 Å². The highest BCUT2D eigenvalue weighted by Gasteiger charge is 2.18. The Morgan fingerprint density at radius 1 is 1.27 bits per heavy atom. The van der Waals surface area contributed by atoms with Crippen LogP contribution in [0.2, 0.25) is 5.02 Å². The molecule has 6 nitrogen and oxygen atoms in total. The van der Waals surface area contributed by atoms with Crippen LogP contribution < -0.4 is 20.1 Å². The van der Waals surface area contributed by atoms with Crippen LogP contribution in [0.15, 0.2) is 12.1 Å². The molecule has 2 aliphatic heterocycles. The molecule has 1 saturated heterocycles. The van der Waals surface area contributed by atoms with Crippen LogP contribution in [0.1, 0.15) is 38.2 Å². The third-order valence-corrected chi connectivity index (χ3v) is 5.24. The van der Waals surface area contributed by atoms with E-state index in [9.17, 15) is 4.79 Å². The molecule has 0 bridgehead atoms. The molecule has 144 valence electrons. The average molecular weight is 382 g/mol. The number of benzene rings is 1. The quantitative estimate of drug-likeness (QED) is 0.743. The van der Waals surface area contributed by atoms with E-state index in [2.05, 4.69) is 22.5 Å². The Morgan fingerprint density at radius 3 is 2.96 bits per heavy atom. The summed E-state index contributed by atoms with van der Waals surface area (Å²) in [6, 6.07) is 4.16. The lowest BCUT2D eigenvalue weighted by Gasteiger charge is -2.33. The summed E-state index contributed by atoms with van der Waals surface area (Å²) in [6.45, 7) is 6.59. The maximum atomic E-state index is 12.0. The number of nitrogens with zero attached hydrogens (tertiary/aromatic N) is 1. The van der Waals surface area contributed by atoms with Crippen LogP contribution >= 0.6 is 11.6 Å². The van der Waals surface area contributed by atoms with Crippen molar-refractivity contribution in [3.63, 3.8) is 0 Å². The SMILES string of the molecule is CC1CCCCN1CCCNC(=O)NCc1cc(Cl)c2c(c1)OCCO2. The normalized spacial score (nSPS) is 19.8. The van der Waals surface area contributed by atoms with Crippen molar-refractivity contribution in [3.8, 4) is 11.5 Å². The molecule has 26 heavy (non-hydrogen) atoms. The number of hydrogen-bond donors (Lipinski definition) is 2. The summed E-state index contributed by atoms with van der Waals surface area (Å²) in [5.74, 6) is 1.22. The standard InChI is InChI=1S/C19H28ClN3O3/c1-14-5-2-3-7-23(14)8-4-6-21-19(24)22-13-15-11-16(20)18-17(12-15)25-9-10-26-18/h11-12,14H,2-10,13H2,1H3,(H2,21,22,24). The molecule has 2 aliphatic rings. The average Bonchev–Trinajstić information content (AvgIpc) is 2.65. The predicted octanol–water partition coefficient (Wildman–Crippen LogP) is 3.17. The van der Waals surface area contributed by atoms with Crippen LogP contribution in [0.4, 0.5) is 4.79 Å². The lowest BCUT2D eigenvalue weighted by Crippen LogP contribution is -2.40. The van der Waals surface area contributed by atoms with Crippen LogP contribution in [0.3, 0.4) is 0 Å². The number of ether oxygens (including phenoxy) is 2. The monoisotopic (exact) mass is 381 g/mol. The Labute approximate surface area is 160 Å². The van der Waals surface area contributed by atoms with Crippen molar-refractivity contribution in [2.45, 2.75) is 45.2 Å². The number of amides is 2. The van der Waals surface area contributed by atoms with E-state index in [0.717, 1.165) is 18.5 Å². The first-order valence-electron chi connectivity index (χ1n) is 9.47. The molecule has 0 aromatic heterocycles. The Balaban J connectivity index is 1.37. The van der Waals surface area contributed by atoms with Gasteiger partial charge in [-0.15, -0.1) is 0 Å². The molecule has 0 radical (unpaired) electrons. The van der Waals surface area contributed by atoms with Crippen LogP contribution in [-0.2, 0) is 6.54 Å². The van der Waals surface area contributed by atoms with Crippen molar-refractivity contribution < 1.29 is 14.3 Å². The molecule has 1 aromatic rings. The second-order valence-corrected chi connectivity index (χ2v) is 7.35. The van der Waals surface area contributed by atoms with Crippen LogP contribution in [-0.4, -0.2) is 49.8 Å². The maximum Gasteiger partial charge on any atom is 0.315 e. The zero-order chi connectivity index (χ0) is 18.4. The van der Waals surface area contributed by atoms with Gasteiger partial charge in [0.05, 0.1) is 5.02 Å². The molecule has 1 aromatic carbocycles. The van der Waals surface area contributed by atoms with Crippen LogP contribution in [0, 0.1) is 0 Å². The number of halogens is 1. The van der Waals surface area contributed by atoms with Gasteiger partial charge in [-0.3, -0.25) is 0 Å². The summed E-state index contributed by atoms with van der Waals surface area (Å²) in [7, 11) is 0. The molecule has 2 heterocycles. The molecular weight excluding hydrogens is 354 g/mol. The fourth-order valence-corrected chi connectivity index (χ4v) is 3.77. The molecular formula is C19H28ClN3O3. The summed E-state index contributed by atoms with van der Waals surface area (Å²) in [5.41, 5.74) is 0.886. The Bertz CT molecular complexity index is 626. The van der Waals surface area contributed by atoms with Gasteiger partial charge >= 0.3 is 6.03 Å². The zero-order valence-corrected chi connectivity index (χ0v) is 16.1. The number of rotatable bonds is 6. The van der Waals surface area contributed by atoms with E-state index in [1.54, 1.807) is 6.07 Å². The van der Waals surface area contributed by atoms with E-state index < -0.39 is 0 Å². The largest absolute Gasteiger partial charge is 0.486 e. The maximum absolute atomic E-state index is 12.0. The number of nitrogens with one attached hydrogen (secondary N) is 2. The predicted molar refractivity (Wildman–Crippen MR) is 102 cm³/mol. The number of urea groups is 1. The third kappa shape index (κ3) is 5.17. The van der Waals surface area contributed by atoms with Crippen molar-refractivity contribution in [1.29, 1.82) is 0 Å². The molecule has 0 spiro atoms. The highest BCUT2D eigenvalue weighted by molar-refractivity contribution is 6.32. The van der Waals surface area contributed by atoms with Crippen molar-refractivity contribution in [2.75, 3.05) is 32.8 Å². The number of hydrogen-bond acceptors (Lipinski definition) is 4. The van der Waals surface area contributed by atoms with E-state index in [1.165, 1.54) is 25.8 Å². The molecule has 7 heteroatoms. The molecule has 1 fully saturated rings. The Hall–Kier alpha value is -1.66. The Kier molecular flexibility index (Phi) is 6.86.